The summed E-state index contributed by atoms with van der Waals surface area (Å²) in [6, 6.07) is 5.67. The van der Waals surface area contributed by atoms with Gasteiger partial charge in [-0.1, -0.05) is 6.07 Å². The maximum Gasteiger partial charge on any atom is 0.221 e. The first-order valence-electron chi connectivity index (χ1n) is 3.80. The van der Waals surface area contributed by atoms with Gasteiger partial charge in [-0.3, -0.25) is 4.79 Å². The summed E-state index contributed by atoms with van der Waals surface area (Å²) in [5.74, 6) is -0.0829. The Hall–Kier alpha value is -1.42. The van der Waals surface area contributed by atoms with Crippen molar-refractivity contribution < 1.29 is 4.79 Å². The Morgan fingerprint density at radius 3 is 3.23 bits per heavy atom. The Morgan fingerprint density at radius 2 is 2.46 bits per heavy atom. The monoisotopic (exact) mass is 191 g/mol. The minimum atomic E-state index is -0.0829. The van der Waals surface area contributed by atoms with Crippen molar-refractivity contribution in [2.75, 3.05) is 5.32 Å². The Bertz CT molecular complexity index is 450. The fourth-order valence-electron chi connectivity index (χ4n) is 1.13. The fourth-order valence-corrected chi connectivity index (χ4v) is 1.76. The van der Waals surface area contributed by atoms with Crippen LogP contribution in [0.15, 0.2) is 18.2 Å². The smallest absolute Gasteiger partial charge is 0.221 e. The van der Waals surface area contributed by atoms with Gasteiger partial charge < -0.3 is 5.32 Å². The van der Waals surface area contributed by atoms with E-state index in [-0.39, 0.29) is 5.91 Å². The molecule has 1 amide bonds. The predicted octanol–water partition coefficient (Wildman–Crippen LogP) is 2.05. The van der Waals surface area contributed by atoms with Crippen molar-refractivity contribution in [3.8, 4) is 0 Å². The van der Waals surface area contributed by atoms with Crippen LogP contribution in [-0.4, -0.2) is 10.9 Å². The molecular weight excluding hydrogens is 184 g/mol. The Kier molecular flexibility index (Phi) is 1.98. The van der Waals surface area contributed by atoms with Crippen molar-refractivity contribution >= 4 is 33.1 Å². The molecule has 1 N–H and O–H groups in total. The molecule has 0 unspecified atom stereocenters. The zero-order valence-corrected chi connectivity index (χ0v) is 7.81. The first kappa shape index (κ1) is 8.19. The van der Waals surface area contributed by atoms with Crippen LogP contribution in [0.1, 0.15) is 6.92 Å². The molecule has 2 aromatic rings. The fraction of sp³-hybridized carbons (Fsp3) is 0.111. The molecule has 0 aliphatic rings. The van der Waals surface area contributed by atoms with Gasteiger partial charge in [0, 0.05) is 6.92 Å². The third-order valence-electron chi connectivity index (χ3n) is 1.62. The number of thiazole rings is 1. The normalized spacial score (nSPS) is 10.2. The van der Waals surface area contributed by atoms with Crippen LogP contribution in [0.3, 0.4) is 0 Å². The summed E-state index contributed by atoms with van der Waals surface area (Å²) in [7, 11) is 0. The number of para-hydroxylation sites is 1. The van der Waals surface area contributed by atoms with E-state index in [1.165, 1.54) is 18.3 Å². The third kappa shape index (κ3) is 1.53. The number of benzene rings is 1. The second-order valence-corrected chi connectivity index (χ2v) is 3.47. The minimum absolute atomic E-state index is 0.0829. The summed E-state index contributed by atoms with van der Waals surface area (Å²) < 4.78 is 1.03. The van der Waals surface area contributed by atoms with Crippen LogP contribution in [0, 0.1) is 5.51 Å². The lowest BCUT2D eigenvalue weighted by Crippen LogP contribution is -2.05. The maximum atomic E-state index is 10.8. The maximum absolute atomic E-state index is 10.8. The van der Waals surface area contributed by atoms with Crippen molar-refractivity contribution in [1.82, 2.24) is 4.98 Å². The van der Waals surface area contributed by atoms with Gasteiger partial charge in [0.15, 0.2) is 5.51 Å². The molecule has 13 heavy (non-hydrogen) atoms. The number of hydrogen-bond acceptors (Lipinski definition) is 3. The quantitative estimate of drug-likeness (QED) is 0.749. The minimum Gasteiger partial charge on any atom is -0.324 e. The van der Waals surface area contributed by atoms with Gasteiger partial charge in [0.2, 0.25) is 5.91 Å². The lowest BCUT2D eigenvalue weighted by Gasteiger charge is -2.01. The highest BCUT2D eigenvalue weighted by atomic mass is 32.1. The highest BCUT2D eigenvalue weighted by Crippen LogP contribution is 2.24. The van der Waals surface area contributed by atoms with Gasteiger partial charge in [-0.25, -0.2) is 4.98 Å². The molecule has 2 rings (SSSR count). The van der Waals surface area contributed by atoms with E-state index < -0.39 is 0 Å². The molecule has 1 aromatic carbocycles. The summed E-state index contributed by atoms with van der Waals surface area (Å²) in [5, 5.41) is 2.72. The highest BCUT2D eigenvalue weighted by molar-refractivity contribution is 7.16. The number of fused-ring (bicyclic) bond motifs is 1. The molecule has 0 fully saturated rings. The molecule has 0 atom stereocenters. The first-order valence-corrected chi connectivity index (χ1v) is 4.62. The van der Waals surface area contributed by atoms with Crippen LogP contribution in [0.4, 0.5) is 5.69 Å². The molecule has 1 heterocycles. The molecule has 65 valence electrons. The SMILES string of the molecule is CC(=O)Nc1cccc2s[c]nc12. The van der Waals surface area contributed by atoms with Gasteiger partial charge in [0.25, 0.3) is 0 Å². The topological polar surface area (TPSA) is 42.0 Å². The zero-order valence-electron chi connectivity index (χ0n) is 7.00. The average Bonchev–Trinajstić information content (AvgIpc) is 2.51. The largest absolute Gasteiger partial charge is 0.324 e. The Morgan fingerprint density at radius 1 is 1.62 bits per heavy atom. The molecule has 1 radical (unpaired) electrons. The van der Waals surface area contributed by atoms with Crippen LogP contribution in [-0.2, 0) is 4.79 Å². The molecule has 0 aliphatic heterocycles. The number of carbonyl (C=O) groups is 1. The average molecular weight is 191 g/mol. The van der Waals surface area contributed by atoms with E-state index in [1.54, 1.807) is 0 Å². The van der Waals surface area contributed by atoms with Crippen molar-refractivity contribution in [3.05, 3.63) is 23.7 Å². The number of anilines is 1. The summed E-state index contributed by atoms with van der Waals surface area (Å²) in [5.41, 5.74) is 4.35. The number of nitrogens with zero attached hydrogens (tertiary/aromatic N) is 1. The lowest BCUT2D eigenvalue weighted by molar-refractivity contribution is -0.114. The summed E-state index contributed by atoms with van der Waals surface area (Å²) in [4.78, 5) is 14.9. The van der Waals surface area contributed by atoms with Gasteiger partial charge in [-0.15, -0.1) is 11.3 Å². The number of nitrogens with one attached hydrogen (secondary N) is 1. The van der Waals surface area contributed by atoms with Crippen LogP contribution < -0.4 is 5.32 Å². The standard InChI is InChI=1S/C9H7N2OS/c1-6(12)11-7-3-2-4-8-9(7)10-5-13-8/h2-4H,1H3,(H,11,12). The molecular formula is C9H7N2OS. The second-order valence-electron chi connectivity index (χ2n) is 2.64. The predicted molar refractivity (Wildman–Crippen MR) is 52.8 cm³/mol. The second kappa shape index (κ2) is 3.14. The number of carbonyl (C=O) groups excluding carboxylic acids is 1. The Labute approximate surface area is 79.4 Å². The summed E-state index contributed by atoms with van der Waals surface area (Å²) >= 11 is 1.44. The zero-order chi connectivity index (χ0) is 9.26. The van der Waals surface area contributed by atoms with Gasteiger partial charge >= 0.3 is 0 Å². The summed E-state index contributed by atoms with van der Waals surface area (Å²) in [6.07, 6.45) is 0. The van der Waals surface area contributed by atoms with Gasteiger partial charge in [0.05, 0.1) is 10.4 Å². The van der Waals surface area contributed by atoms with E-state index in [9.17, 15) is 4.79 Å². The Balaban J connectivity index is 2.54. The molecule has 0 spiro atoms. The van der Waals surface area contributed by atoms with E-state index in [4.69, 9.17) is 0 Å². The molecule has 0 bridgehead atoms. The molecule has 4 heteroatoms. The van der Waals surface area contributed by atoms with Crippen LogP contribution >= 0.6 is 11.3 Å². The van der Waals surface area contributed by atoms with E-state index in [0.717, 1.165) is 15.9 Å². The molecule has 0 saturated heterocycles. The van der Waals surface area contributed by atoms with Crippen LogP contribution in [0.2, 0.25) is 0 Å². The van der Waals surface area contributed by atoms with Crippen LogP contribution in [0.25, 0.3) is 10.2 Å². The van der Waals surface area contributed by atoms with Gasteiger partial charge in [-0.05, 0) is 12.1 Å². The van der Waals surface area contributed by atoms with Crippen molar-refractivity contribution in [1.29, 1.82) is 0 Å². The van der Waals surface area contributed by atoms with Crippen LogP contribution in [0.5, 0.6) is 0 Å². The van der Waals surface area contributed by atoms with E-state index >= 15 is 0 Å². The number of rotatable bonds is 1. The number of hydrogen-bond donors (Lipinski definition) is 1. The van der Waals surface area contributed by atoms with Gasteiger partial charge in [0.1, 0.15) is 5.52 Å². The highest BCUT2D eigenvalue weighted by Gasteiger charge is 2.03. The van der Waals surface area contributed by atoms with Crippen molar-refractivity contribution in [2.45, 2.75) is 6.92 Å². The van der Waals surface area contributed by atoms with Gasteiger partial charge in [-0.2, -0.15) is 0 Å². The first-order chi connectivity index (χ1) is 6.27. The summed E-state index contributed by atoms with van der Waals surface area (Å²) in [6.45, 7) is 1.48. The lowest BCUT2D eigenvalue weighted by atomic mass is 10.3. The van der Waals surface area contributed by atoms with Crippen molar-refractivity contribution in [2.24, 2.45) is 0 Å². The molecule has 0 aliphatic carbocycles. The molecule has 3 nitrogen and oxygen atoms in total. The molecule has 0 saturated carbocycles. The van der Waals surface area contributed by atoms with E-state index in [0.29, 0.717) is 0 Å². The third-order valence-corrected chi connectivity index (χ3v) is 2.35. The van der Waals surface area contributed by atoms with Crippen molar-refractivity contribution in [3.63, 3.8) is 0 Å². The van der Waals surface area contributed by atoms with E-state index in [1.807, 2.05) is 18.2 Å². The molecule has 1 aromatic heterocycles. The number of amides is 1. The number of aromatic nitrogens is 1. The van der Waals surface area contributed by atoms with E-state index in [2.05, 4.69) is 15.8 Å².